The van der Waals surface area contributed by atoms with Crippen LogP contribution < -0.4 is 15.4 Å². The van der Waals surface area contributed by atoms with E-state index in [9.17, 15) is 4.79 Å². The Kier molecular flexibility index (Phi) is 9.42. The van der Waals surface area contributed by atoms with Crippen LogP contribution in [0.4, 0.5) is 0 Å². The Bertz CT molecular complexity index is 868. The second kappa shape index (κ2) is 11.8. The smallest absolute Gasteiger partial charge is 0.258 e. The van der Waals surface area contributed by atoms with E-state index in [0.29, 0.717) is 18.3 Å². The summed E-state index contributed by atoms with van der Waals surface area (Å²) in [6, 6.07) is 16.5. The molecule has 1 fully saturated rings. The molecule has 0 radical (unpaired) electrons. The largest absolute Gasteiger partial charge is 0.484 e. The zero-order valence-corrected chi connectivity index (χ0v) is 20.2. The number of halogens is 1. The Morgan fingerprint density at radius 3 is 2.67 bits per heavy atom. The molecular formula is C23H31IN4O2. The number of guanidine groups is 1. The Hall–Kier alpha value is -2.29. The van der Waals surface area contributed by atoms with Gasteiger partial charge in [-0.1, -0.05) is 36.4 Å². The molecule has 0 aliphatic heterocycles. The molecule has 0 heterocycles. The number of carbonyl (C=O) groups is 1. The van der Waals surface area contributed by atoms with Gasteiger partial charge in [-0.15, -0.1) is 24.0 Å². The Labute approximate surface area is 196 Å². The van der Waals surface area contributed by atoms with Gasteiger partial charge in [-0.2, -0.15) is 0 Å². The summed E-state index contributed by atoms with van der Waals surface area (Å²) in [7, 11) is 3.81. The third-order valence-electron chi connectivity index (χ3n) is 4.90. The lowest BCUT2D eigenvalue weighted by Gasteiger charge is -2.23. The number of rotatable bonds is 8. The molecule has 2 aromatic rings. The fourth-order valence-corrected chi connectivity index (χ4v) is 3.07. The molecule has 30 heavy (non-hydrogen) atoms. The first-order valence-electron chi connectivity index (χ1n) is 10.0. The average molecular weight is 522 g/mol. The summed E-state index contributed by atoms with van der Waals surface area (Å²) >= 11 is 0. The van der Waals surface area contributed by atoms with Crippen molar-refractivity contribution in [2.24, 2.45) is 4.99 Å². The summed E-state index contributed by atoms with van der Waals surface area (Å²) in [6.45, 7) is 3.58. The van der Waals surface area contributed by atoms with E-state index in [0.717, 1.165) is 30.9 Å². The number of benzene rings is 2. The Morgan fingerprint density at radius 2 is 1.97 bits per heavy atom. The van der Waals surface area contributed by atoms with Gasteiger partial charge in [0.25, 0.3) is 5.91 Å². The lowest BCUT2D eigenvalue weighted by atomic mass is 10.1. The highest BCUT2D eigenvalue weighted by Crippen LogP contribution is 2.18. The second-order valence-electron chi connectivity index (χ2n) is 7.46. The van der Waals surface area contributed by atoms with Crippen LogP contribution in [0.5, 0.6) is 5.75 Å². The van der Waals surface area contributed by atoms with Crippen LogP contribution in [-0.4, -0.2) is 43.5 Å². The number of aliphatic imine (C=N–C) groups is 1. The highest BCUT2D eigenvalue weighted by Gasteiger charge is 2.23. The molecular weight excluding hydrogens is 491 g/mol. The fourth-order valence-electron chi connectivity index (χ4n) is 3.07. The molecule has 0 aromatic heterocycles. The van der Waals surface area contributed by atoms with Crippen LogP contribution >= 0.6 is 24.0 Å². The van der Waals surface area contributed by atoms with E-state index < -0.39 is 0 Å². The number of hydrogen-bond donors (Lipinski definition) is 2. The van der Waals surface area contributed by atoms with E-state index >= 15 is 0 Å². The summed E-state index contributed by atoms with van der Waals surface area (Å²) in [5.41, 5.74) is 3.61. The van der Waals surface area contributed by atoms with Crippen LogP contribution in [0.15, 0.2) is 53.5 Å². The molecule has 0 saturated heterocycles. The number of nitrogens with one attached hydrogen (secondary N) is 2. The first-order chi connectivity index (χ1) is 14.0. The number of aryl methyl sites for hydroxylation is 1. The van der Waals surface area contributed by atoms with Gasteiger partial charge in [0, 0.05) is 33.2 Å². The third kappa shape index (κ3) is 7.51. The summed E-state index contributed by atoms with van der Waals surface area (Å²) < 4.78 is 5.63. The molecule has 1 amide bonds. The summed E-state index contributed by atoms with van der Waals surface area (Å²) in [6.07, 6.45) is 2.15. The maximum atomic E-state index is 11.8. The quantitative estimate of drug-likeness (QED) is 0.317. The van der Waals surface area contributed by atoms with E-state index in [-0.39, 0.29) is 36.5 Å². The number of carbonyl (C=O) groups excluding carboxylic acids is 1. The summed E-state index contributed by atoms with van der Waals surface area (Å²) in [5, 5.41) is 6.32. The van der Waals surface area contributed by atoms with Crippen LogP contribution in [0, 0.1) is 6.92 Å². The van der Waals surface area contributed by atoms with Gasteiger partial charge in [-0.25, -0.2) is 0 Å². The van der Waals surface area contributed by atoms with E-state index in [1.807, 2.05) is 31.3 Å². The van der Waals surface area contributed by atoms with Gasteiger partial charge in [-0.05, 0) is 48.6 Å². The standard InChI is InChI=1S/C23H30N4O2.HI/c1-17-7-4-5-9-19(17)15-27(3)23(24-2)25-14-18-8-6-10-21(13-18)29-16-22(28)26-20-11-12-20;/h4-10,13,20H,11-12,14-16H2,1-3H3,(H,24,25)(H,26,28);1H. The van der Waals surface area contributed by atoms with Gasteiger partial charge in [0.15, 0.2) is 12.6 Å². The molecule has 2 N–H and O–H groups in total. The highest BCUT2D eigenvalue weighted by atomic mass is 127. The number of nitrogens with zero attached hydrogens (tertiary/aromatic N) is 2. The molecule has 2 aromatic carbocycles. The van der Waals surface area contributed by atoms with Crippen molar-refractivity contribution < 1.29 is 9.53 Å². The molecule has 1 aliphatic carbocycles. The maximum absolute atomic E-state index is 11.8. The molecule has 7 heteroatoms. The van der Waals surface area contributed by atoms with Crippen molar-refractivity contribution in [3.05, 3.63) is 65.2 Å². The Balaban J connectivity index is 0.00000320. The molecule has 1 aliphatic rings. The lowest BCUT2D eigenvalue weighted by molar-refractivity contribution is -0.123. The van der Waals surface area contributed by atoms with Crippen LogP contribution in [0.1, 0.15) is 29.5 Å². The first-order valence-corrected chi connectivity index (χ1v) is 10.0. The minimum Gasteiger partial charge on any atom is -0.484 e. The SMILES string of the molecule is CN=C(NCc1cccc(OCC(=O)NC2CC2)c1)N(C)Cc1ccccc1C.I. The summed E-state index contributed by atoms with van der Waals surface area (Å²) in [4.78, 5) is 18.3. The third-order valence-corrected chi connectivity index (χ3v) is 4.90. The molecule has 0 unspecified atom stereocenters. The Morgan fingerprint density at radius 1 is 1.20 bits per heavy atom. The highest BCUT2D eigenvalue weighted by molar-refractivity contribution is 14.0. The molecule has 6 nitrogen and oxygen atoms in total. The van der Waals surface area contributed by atoms with Crippen LogP contribution in [0.2, 0.25) is 0 Å². The molecule has 3 rings (SSSR count). The van der Waals surface area contributed by atoms with Gasteiger partial charge >= 0.3 is 0 Å². The van der Waals surface area contributed by atoms with E-state index in [1.54, 1.807) is 7.05 Å². The molecule has 0 atom stereocenters. The predicted molar refractivity (Wildman–Crippen MR) is 131 cm³/mol. The van der Waals surface area contributed by atoms with Crippen molar-refractivity contribution in [1.82, 2.24) is 15.5 Å². The van der Waals surface area contributed by atoms with Crippen molar-refractivity contribution in [2.75, 3.05) is 20.7 Å². The van der Waals surface area contributed by atoms with Crippen LogP contribution in [0.25, 0.3) is 0 Å². The fraction of sp³-hybridized carbons (Fsp3) is 0.391. The minimum atomic E-state index is -0.0609. The second-order valence-corrected chi connectivity index (χ2v) is 7.46. The average Bonchev–Trinajstić information content (AvgIpc) is 3.53. The van der Waals surface area contributed by atoms with Crippen molar-refractivity contribution in [1.29, 1.82) is 0 Å². The van der Waals surface area contributed by atoms with E-state index in [4.69, 9.17) is 4.74 Å². The molecule has 0 bridgehead atoms. The van der Waals surface area contributed by atoms with Gasteiger partial charge in [-0.3, -0.25) is 9.79 Å². The van der Waals surface area contributed by atoms with Crippen LogP contribution in [-0.2, 0) is 17.9 Å². The number of ether oxygens (including phenoxy) is 1. The minimum absolute atomic E-state index is 0. The number of hydrogen-bond acceptors (Lipinski definition) is 3. The summed E-state index contributed by atoms with van der Waals surface area (Å²) in [5.74, 6) is 1.45. The van der Waals surface area contributed by atoms with E-state index in [1.165, 1.54) is 11.1 Å². The van der Waals surface area contributed by atoms with Gasteiger partial charge in [0.05, 0.1) is 0 Å². The van der Waals surface area contributed by atoms with Crippen LogP contribution in [0.3, 0.4) is 0 Å². The lowest BCUT2D eigenvalue weighted by Crippen LogP contribution is -2.38. The first kappa shape index (κ1) is 24.0. The number of amides is 1. The van der Waals surface area contributed by atoms with Gasteiger partial charge in [0.1, 0.15) is 5.75 Å². The molecule has 162 valence electrons. The van der Waals surface area contributed by atoms with Crippen molar-refractivity contribution in [3.63, 3.8) is 0 Å². The maximum Gasteiger partial charge on any atom is 0.258 e. The zero-order valence-electron chi connectivity index (χ0n) is 17.9. The van der Waals surface area contributed by atoms with Crippen molar-refractivity contribution in [2.45, 2.75) is 38.9 Å². The topological polar surface area (TPSA) is 66.0 Å². The van der Waals surface area contributed by atoms with E-state index in [2.05, 4.69) is 51.7 Å². The van der Waals surface area contributed by atoms with Crippen molar-refractivity contribution in [3.8, 4) is 5.75 Å². The molecule has 0 spiro atoms. The van der Waals surface area contributed by atoms with Gasteiger partial charge in [0.2, 0.25) is 0 Å². The van der Waals surface area contributed by atoms with Gasteiger partial charge < -0.3 is 20.3 Å². The predicted octanol–water partition coefficient (Wildman–Crippen LogP) is 3.48. The normalized spacial score (nSPS) is 13.2. The molecule has 1 saturated carbocycles. The monoisotopic (exact) mass is 522 g/mol. The van der Waals surface area contributed by atoms with Crippen molar-refractivity contribution >= 4 is 35.8 Å². The zero-order chi connectivity index (χ0) is 20.6.